The normalized spacial score (nSPS) is 18.6. The van der Waals surface area contributed by atoms with Gasteiger partial charge in [0.05, 0.1) is 11.7 Å². The number of anilines is 1. The van der Waals surface area contributed by atoms with Gasteiger partial charge in [-0.2, -0.15) is 0 Å². The Hall–Kier alpha value is -2.93. The lowest BCUT2D eigenvalue weighted by molar-refractivity contribution is -0.117. The van der Waals surface area contributed by atoms with Crippen LogP contribution < -0.4 is 4.90 Å². The van der Waals surface area contributed by atoms with Crippen LogP contribution in [0.25, 0.3) is 0 Å². The summed E-state index contributed by atoms with van der Waals surface area (Å²) in [5, 5.41) is 0. The van der Waals surface area contributed by atoms with Crippen molar-refractivity contribution in [1.82, 2.24) is 4.57 Å². The first kappa shape index (κ1) is 21.3. The highest BCUT2D eigenvalue weighted by Crippen LogP contribution is 2.23. The summed E-state index contributed by atoms with van der Waals surface area (Å²) in [5.74, 6) is -0.682. The molecule has 0 unspecified atom stereocenters. The van der Waals surface area contributed by atoms with Crippen LogP contribution in [0.3, 0.4) is 0 Å². The van der Waals surface area contributed by atoms with Crippen molar-refractivity contribution in [2.45, 2.75) is 52.2 Å². The first-order chi connectivity index (χ1) is 14.9. The third-order valence-electron chi connectivity index (χ3n) is 6.11. The van der Waals surface area contributed by atoms with Gasteiger partial charge in [-0.15, -0.1) is 0 Å². The smallest absolute Gasteiger partial charge is 0.338 e. The van der Waals surface area contributed by atoms with Crippen LogP contribution in [0.5, 0.6) is 0 Å². The highest BCUT2D eigenvalue weighted by atomic mass is 16.5. The zero-order valence-electron chi connectivity index (χ0n) is 18.1. The standard InChI is InChI=1S/C24H28N2O5/c1-16-13-21(17(2)26(16)14-20-5-4-12-30-20)22(27)15-31-24(29)18-7-9-19(10-8-18)25-11-3-6-23(25)28/h7-10,13,20H,3-6,11-12,14-15H2,1-2H3/t20-/m0/s1. The molecule has 1 aromatic heterocycles. The van der Waals surface area contributed by atoms with E-state index in [1.54, 1.807) is 29.2 Å². The first-order valence-corrected chi connectivity index (χ1v) is 10.8. The molecule has 2 saturated heterocycles. The van der Waals surface area contributed by atoms with Gasteiger partial charge in [-0.25, -0.2) is 4.79 Å². The lowest BCUT2D eigenvalue weighted by atomic mass is 10.1. The molecular formula is C24H28N2O5. The highest BCUT2D eigenvalue weighted by molar-refractivity contribution is 6.00. The Balaban J connectivity index is 1.36. The number of esters is 1. The van der Waals surface area contributed by atoms with E-state index in [-0.39, 0.29) is 24.4 Å². The van der Waals surface area contributed by atoms with Crippen LogP contribution in [0.2, 0.25) is 0 Å². The Morgan fingerprint density at radius 2 is 1.94 bits per heavy atom. The van der Waals surface area contributed by atoms with E-state index >= 15 is 0 Å². The van der Waals surface area contributed by atoms with Gasteiger partial charge < -0.3 is 18.9 Å². The van der Waals surface area contributed by atoms with Gasteiger partial charge in [-0.05, 0) is 63.4 Å². The van der Waals surface area contributed by atoms with E-state index < -0.39 is 5.97 Å². The molecule has 3 heterocycles. The number of ether oxygens (including phenoxy) is 2. The minimum atomic E-state index is -0.555. The van der Waals surface area contributed by atoms with Crippen LogP contribution in [0.4, 0.5) is 5.69 Å². The summed E-state index contributed by atoms with van der Waals surface area (Å²) in [6.45, 7) is 5.79. The zero-order valence-corrected chi connectivity index (χ0v) is 18.1. The fourth-order valence-electron chi connectivity index (χ4n) is 4.35. The molecule has 164 valence electrons. The molecule has 1 atom stereocenters. The molecule has 0 N–H and O–H groups in total. The third-order valence-corrected chi connectivity index (χ3v) is 6.11. The molecule has 2 aromatic rings. The summed E-state index contributed by atoms with van der Waals surface area (Å²) >= 11 is 0. The van der Waals surface area contributed by atoms with Crippen LogP contribution in [0.15, 0.2) is 30.3 Å². The number of benzene rings is 1. The van der Waals surface area contributed by atoms with Crippen LogP contribution in [0.1, 0.15) is 57.8 Å². The van der Waals surface area contributed by atoms with Crippen LogP contribution in [-0.4, -0.2) is 48.1 Å². The Bertz CT molecular complexity index is 986. The number of aromatic nitrogens is 1. The van der Waals surface area contributed by atoms with Gasteiger partial charge in [0.1, 0.15) is 0 Å². The van der Waals surface area contributed by atoms with Crippen molar-refractivity contribution in [3.63, 3.8) is 0 Å². The van der Waals surface area contributed by atoms with Crippen molar-refractivity contribution in [2.24, 2.45) is 0 Å². The van der Waals surface area contributed by atoms with E-state index in [2.05, 4.69) is 4.57 Å². The average Bonchev–Trinajstić information content (AvgIpc) is 3.50. The van der Waals surface area contributed by atoms with Gasteiger partial charge in [-0.1, -0.05) is 0 Å². The Morgan fingerprint density at radius 1 is 1.16 bits per heavy atom. The molecule has 0 bridgehead atoms. The quantitative estimate of drug-likeness (QED) is 0.503. The molecule has 31 heavy (non-hydrogen) atoms. The maximum Gasteiger partial charge on any atom is 0.338 e. The number of nitrogens with zero attached hydrogens (tertiary/aromatic N) is 2. The van der Waals surface area contributed by atoms with Gasteiger partial charge in [0.15, 0.2) is 6.61 Å². The lowest BCUT2D eigenvalue weighted by Crippen LogP contribution is -2.23. The van der Waals surface area contributed by atoms with Crippen LogP contribution in [-0.2, 0) is 20.8 Å². The van der Waals surface area contributed by atoms with Crippen molar-refractivity contribution >= 4 is 23.3 Å². The van der Waals surface area contributed by atoms with E-state index in [4.69, 9.17) is 9.47 Å². The number of hydrogen-bond acceptors (Lipinski definition) is 5. The summed E-state index contributed by atoms with van der Waals surface area (Å²) in [5.41, 5.74) is 3.57. The summed E-state index contributed by atoms with van der Waals surface area (Å²) in [6, 6.07) is 8.57. The largest absolute Gasteiger partial charge is 0.454 e. The SMILES string of the molecule is Cc1cc(C(=O)COC(=O)c2ccc(N3CCCC3=O)cc2)c(C)n1C[C@@H]1CCCO1. The van der Waals surface area contributed by atoms with Crippen molar-refractivity contribution in [1.29, 1.82) is 0 Å². The van der Waals surface area contributed by atoms with Gasteiger partial charge in [-0.3, -0.25) is 9.59 Å². The van der Waals surface area contributed by atoms with Gasteiger partial charge >= 0.3 is 5.97 Å². The molecule has 7 nitrogen and oxygen atoms in total. The lowest BCUT2D eigenvalue weighted by Gasteiger charge is -2.15. The summed E-state index contributed by atoms with van der Waals surface area (Å²) in [6.07, 6.45) is 3.69. The van der Waals surface area contributed by atoms with Gasteiger partial charge in [0.25, 0.3) is 0 Å². The molecule has 4 rings (SSSR count). The summed E-state index contributed by atoms with van der Waals surface area (Å²) < 4.78 is 13.1. The molecule has 1 aromatic carbocycles. The fraction of sp³-hybridized carbons (Fsp3) is 0.458. The number of aryl methyl sites for hydroxylation is 1. The average molecular weight is 424 g/mol. The molecule has 0 aliphatic carbocycles. The first-order valence-electron chi connectivity index (χ1n) is 10.8. The monoisotopic (exact) mass is 424 g/mol. The predicted octanol–water partition coefficient (Wildman–Crippen LogP) is 3.45. The van der Waals surface area contributed by atoms with Crippen molar-refractivity contribution in [3.05, 3.63) is 52.8 Å². The number of hydrogen-bond donors (Lipinski definition) is 0. The van der Waals surface area contributed by atoms with E-state index in [0.29, 0.717) is 24.1 Å². The number of rotatable bonds is 7. The molecule has 0 radical (unpaired) electrons. The molecule has 7 heteroatoms. The van der Waals surface area contributed by atoms with Gasteiger partial charge in [0, 0.05) is 48.8 Å². The Labute approximate surface area is 181 Å². The van der Waals surface area contributed by atoms with E-state index in [0.717, 1.165) is 49.5 Å². The molecule has 2 fully saturated rings. The summed E-state index contributed by atoms with van der Waals surface area (Å²) in [7, 11) is 0. The molecule has 1 amide bonds. The number of carbonyl (C=O) groups is 3. The van der Waals surface area contributed by atoms with Crippen molar-refractivity contribution in [3.8, 4) is 0 Å². The van der Waals surface area contributed by atoms with Crippen molar-refractivity contribution < 1.29 is 23.9 Å². The Morgan fingerprint density at radius 3 is 2.58 bits per heavy atom. The molecule has 0 saturated carbocycles. The number of amides is 1. The maximum absolute atomic E-state index is 12.7. The maximum atomic E-state index is 12.7. The number of carbonyl (C=O) groups excluding carboxylic acids is 3. The second-order valence-electron chi connectivity index (χ2n) is 8.23. The topological polar surface area (TPSA) is 77.8 Å². The van der Waals surface area contributed by atoms with E-state index in [1.165, 1.54) is 0 Å². The van der Waals surface area contributed by atoms with E-state index in [1.807, 2.05) is 19.9 Å². The minimum Gasteiger partial charge on any atom is -0.454 e. The predicted molar refractivity (Wildman–Crippen MR) is 116 cm³/mol. The number of ketones is 1. The minimum absolute atomic E-state index is 0.0954. The molecular weight excluding hydrogens is 396 g/mol. The molecule has 2 aliphatic rings. The second kappa shape index (κ2) is 9.06. The van der Waals surface area contributed by atoms with Crippen molar-refractivity contribution in [2.75, 3.05) is 24.7 Å². The van der Waals surface area contributed by atoms with Gasteiger partial charge in [0.2, 0.25) is 11.7 Å². The molecule has 2 aliphatic heterocycles. The van der Waals surface area contributed by atoms with E-state index in [9.17, 15) is 14.4 Å². The molecule has 0 spiro atoms. The highest BCUT2D eigenvalue weighted by Gasteiger charge is 2.23. The fourth-order valence-corrected chi connectivity index (χ4v) is 4.35. The summed E-state index contributed by atoms with van der Waals surface area (Å²) in [4.78, 5) is 38.6. The second-order valence-corrected chi connectivity index (χ2v) is 8.23. The van der Waals surface area contributed by atoms with Crippen LogP contribution in [0, 0.1) is 13.8 Å². The van der Waals surface area contributed by atoms with Crippen LogP contribution >= 0.6 is 0 Å². The Kier molecular flexibility index (Phi) is 6.23. The third kappa shape index (κ3) is 4.56. The zero-order chi connectivity index (χ0) is 22.0. The number of Topliss-reactive ketones (excluding diaryl/α,β-unsaturated/α-hetero) is 1.